The van der Waals surface area contributed by atoms with Crippen LogP contribution in [0.2, 0.25) is 0 Å². The molecule has 640 valence electrons. The molecule has 0 aliphatic heterocycles. The number of thiol groups is 4. The van der Waals surface area contributed by atoms with Crippen molar-refractivity contribution in [3.8, 4) is 0 Å². The van der Waals surface area contributed by atoms with Crippen LogP contribution in [0.5, 0.6) is 0 Å². The Balaban J connectivity index is 7.68. The first-order chi connectivity index (χ1) is 48.7. The Morgan fingerprint density at radius 3 is 0.642 bits per heavy atom. The Labute approximate surface area is 674 Å². The zero-order valence-corrected chi connectivity index (χ0v) is 75.7. The van der Waals surface area contributed by atoms with Gasteiger partial charge in [-0.05, 0) is 109 Å². The SMILES string of the molecule is CC(C)(CC(C)(S)C(=O)NCCC[N+](C)(C)CCCS(C)(=O)=O)C(=O)OCC(COC(=O)C(C)(C)CC(C)(S)C(=O)NCCC[N+](C)(C)CCCS(=O)(=O)O)(COC(=O)C(C)(C)CC(C)(S)C(=O)NCCC[N+](C)(C)CCCS(=O)(=O)O)COC(=O)C(C)(C)CC(C)(S)C(=O)NCCC[N+](C)(C)CCCS(=O)(=O)O. The summed E-state index contributed by atoms with van der Waals surface area (Å²) in [6.45, 7) is 19.5. The van der Waals surface area contributed by atoms with E-state index in [2.05, 4.69) is 21.3 Å². The van der Waals surface area contributed by atoms with E-state index in [4.69, 9.17) is 69.5 Å². The number of amides is 4. The second-order valence-corrected chi connectivity index (χ2v) is 46.9. The highest BCUT2D eigenvalue weighted by Crippen LogP contribution is 2.40. The molecule has 0 fully saturated rings. The number of quaternary nitrogens is 4. The van der Waals surface area contributed by atoms with Crippen LogP contribution in [0.4, 0.5) is 0 Å². The molecular weight excluding hydrogens is 1580 g/mol. The maximum atomic E-state index is 14.8. The van der Waals surface area contributed by atoms with E-state index in [1.165, 1.54) is 89.3 Å². The number of sulfone groups is 1. The van der Waals surface area contributed by atoms with E-state index in [9.17, 15) is 85.7 Å². The summed E-state index contributed by atoms with van der Waals surface area (Å²) in [6.07, 6.45) is 3.20. The average molecular weight is 1720 g/mol. The van der Waals surface area contributed by atoms with Crippen LogP contribution >= 0.6 is 50.5 Å². The molecule has 0 aromatic carbocycles. The third-order valence-corrected chi connectivity index (χ3v) is 23.9. The molecule has 0 rings (SSSR count). The van der Waals surface area contributed by atoms with Crippen LogP contribution < -0.4 is 21.3 Å². The molecule has 0 saturated carbocycles. The van der Waals surface area contributed by atoms with E-state index in [0.29, 0.717) is 102 Å². The lowest BCUT2D eigenvalue weighted by Crippen LogP contribution is -2.50. The van der Waals surface area contributed by atoms with Crippen molar-refractivity contribution in [2.24, 2.45) is 27.1 Å². The van der Waals surface area contributed by atoms with Crippen molar-refractivity contribution >= 4 is 138 Å². The smallest absolute Gasteiger partial charge is 0.311 e. The standard InChI is InChI=1S/C70H134N8O23S8/c1-62(2,46-66(9,102)54(79)71-30-22-34-75(13,14)38-26-42-106(21,87)88)58(83)98-50-70(51-99-59(84)63(3,4)47-67(10,103)55(80)72-31-23-35-76(15,16)39-27-43-107(89,90)91,52-100-60(85)64(5,6)48-68(11,104)56(81)73-32-24-36-77(17,18)40-28-44-108(92,93)94)53-101-61(86)65(7,8)49-69(12,105)57(82)74-33-25-37-78(19,20)41-29-45-109(95,96)97/h22-53H2,1-21H3,(H7-4,71,72,73,74,79,80,81,82,89,90,91,92,93,94,95,96,97,102,103,104,105)/p+4. The van der Waals surface area contributed by atoms with Crippen LogP contribution in [0.1, 0.15) is 160 Å². The van der Waals surface area contributed by atoms with E-state index in [1.807, 2.05) is 56.4 Å². The van der Waals surface area contributed by atoms with Crippen molar-refractivity contribution < 1.29 is 123 Å². The van der Waals surface area contributed by atoms with Gasteiger partial charge < -0.3 is 58.1 Å². The molecule has 0 aromatic rings. The fourth-order valence-electron chi connectivity index (χ4n) is 12.8. The minimum atomic E-state index is -4.15. The van der Waals surface area contributed by atoms with Gasteiger partial charge in [-0.25, -0.2) is 8.42 Å². The quantitative estimate of drug-likeness (QED) is 0.0102. The highest BCUT2D eigenvalue weighted by atomic mass is 32.2. The molecule has 7 N–H and O–H groups in total. The van der Waals surface area contributed by atoms with E-state index in [1.54, 1.807) is 0 Å². The van der Waals surface area contributed by atoms with Crippen LogP contribution in [0.3, 0.4) is 0 Å². The third kappa shape index (κ3) is 45.0. The van der Waals surface area contributed by atoms with E-state index in [0.717, 1.165) is 0 Å². The van der Waals surface area contributed by atoms with Gasteiger partial charge in [0.25, 0.3) is 30.4 Å². The minimum absolute atomic E-state index is 0.0406. The van der Waals surface area contributed by atoms with Crippen molar-refractivity contribution in [3.05, 3.63) is 0 Å². The molecule has 0 heterocycles. The summed E-state index contributed by atoms with van der Waals surface area (Å²) in [5.41, 5.74) is -8.21. The summed E-state index contributed by atoms with van der Waals surface area (Å²) >= 11 is 18.9. The fourth-order valence-corrected chi connectivity index (χ4v) is 16.8. The highest BCUT2D eigenvalue weighted by molar-refractivity contribution is 7.90. The van der Waals surface area contributed by atoms with E-state index >= 15 is 0 Å². The van der Waals surface area contributed by atoms with E-state index < -0.39 is 177 Å². The van der Waals surface area contributed by atoms with Gasteiger partial charge in [0, 0.05) is 83.8 Å². The summed E-state index contributed by atoms with van der Waals surface area (Å²) in [5, 5.41) is 11.4. The minimum Gasteiger partial charge on any atom is -0.464 e. The van der Waals surface area contributed by atoms with Crippen molar-refractivity contribution in [1.29, 1.82) is 0 Å². The number of carbonyl (C=O) groups is 8. The molecule has 0 bridgehead atoms. The van der Waals surface area contributed by atoms with Gasteiger partial charge in [0.05, 0.1) is 172 Å². The van der Waals surface area contributed by atoms with Gasteiger partial charge >= 0.3 is 23.9 Å². The molecule has 109 heavy (non-hydrogen) atoms. The number of ether oxygens (including phenoxy) is 4. The van der Waals surface area contributed by atoms with Crippen LogP contribution in [0.25, 0.3) is 0 Å². The molecule has 31 nitrogen and oxygen atoms in total. The van der Waals surface area contributed by atoms with E-state index in [-0.39, 0.29) is 76.9 Å². The Morgan fingerprint density at radius 2 is 0.477 bits per heavy atom. The lowest BCUT2D eigenvalue weighted by Gasteiger charge is -2.38. The highest BCUT2D eigenvalue weighted by Gasteiger charge is 2.49. The lowest BCUT2D eigenvalue weighted by molar-refractivity contribution is -0.890. The van der Waals surface area contributed by atoms with Crippen molar-refractivity contribution in [2.75, 3.05) is 191 Å². The number of carbonyl (C=O) groups excluding carboxylic acids is 8. The molecule has 0 radical (unpaired) electrons. The number of rotatable bonds is 56. The monoisotopic (exact) mass is 1710 g/mol. The van der Waals surface area contributed by atoms with Crippen LogP contribution in [0.15, 0.2) is 0 Å². The molecule has 4 amide bonds. The van der Waals surface area contributed by atoms with Gasteiger partial charge in [0.1, 0.15) is 41.7 Å². The normalized spacial score (nSPS) is 16.2. The summed E-state index contributed by atoms with van der Waals surface area (Å²) in [4.78, 5) is 114. The molecular formula is C70H138N8O23S8+4. The fraction of sp³-hybridized carbons (Fsp3) is 0.886. The Kier molecular flexibility index (Phi) is 41.2. The molecule has 39 heteroatoms. The number of hydrogen-bond acceptors (Lipinski definition) is 24. The average Bonchev–Trinajstić information content (AvgIpc) is 0.807. The van der Waals surface area contributed by atoms with Crippen molar-refractivity contribution in [2.45, 2.75) is 179 Å². The molecule has 0 aliphatic carbocycles. The number of nitrogens with one attached hydrogen (secondary N) is 4. The van der Waals surface area contributed by atoms with Crippen LogP contribution in [-0.4, -0.2) is 322 Å². The second kappa shape index (κ2) is 42.5. The number of esters is 4. The van der Waals surface area contributed by atoms with Crippen molar-refractivity contribution in [3.63, 3.8) is 0 Å². The first kappa shape index (κ1) is 106. The molecule has 4 atom stereocenters. The van der Waals surface area contributed by atoms with Gasteiger partial charge in [0.2, 0.25) is 23.6 Å². The predicted octanol–water partition coefficient (Wildman–Crippen LogP) is 4.16. The summed E-state index contributed by atoms with van der Waals surface area (Å²) in [6, 6.07) is 0. The topological polar surface area (TPSA) is 419 Å². The first-order valence-corrected chi connectivity index (χ1v) is 45.4. The van der Waals surface area contributed by atoms with Gasteiger partial charge in [-0.2, -0.15) is 75.8 Å². The first-order valence-electron chi connectivity index (χ1n) is 36.7. The van der Waals surface area contributed by atoms with Crippen molar-refractivity contribution in [1.82, 2.24) is 21.3 Å². The van der Waals surface area contributed by atoms with Gasteiger partial charge in [-0.3, -0.25) is 52.0 Å². The number of hydrogen-bond donors (Lipinski definition) is 11. The summed E-state index contributed by atoms with van der Waals surface area (Å²) in [7, 11) is -0.434. The van der Waals surface area contributed by atoms with Crippen LogP contribution in [-0.2, 0) is 97.5 Å². The lowest BCUT2D eigenvalue weighted by atomic mass is 9.81. The Morgan fingerprint density at radius 1 is 0.312 bits per heavy atom. The molecule has 4 unspecified atom stereocenters. The zero-order valence-electron chi connectivity index (χ0n) is 68.8. The van der Waals surface area contributed by atoms with Gasteiger partial charge in [0.15, 0.2) is 0 Å². The van der Waals surface area contributed by atoms with Gasteiger partial charge in [-0.1, -0.05) is 0 Å². The second-order valence-electron chi connectivity index (χ2n) is 36.0. The summed E-state index contributed by atoms with van der Waals surface area (Å²) in [5.74, 6) is -7.02. The molecule has 0 saturated heterocycles. The Bertz CT molecular complexity index is 3050. The molecule has 0 spiro atoms. The van der Waals surface area contributed by atoms with Crippen LogP contribution in [0, 0.1) is 27.1 Å². The maximum Gasteiger partial charge on any atom is 0.311 e. The predicted molar refractivity (Wildman–Crippen MR) is 435 cm³/mol. The number of nitrogens with zero attached hydrogens (tertiary/aromatic N) is 4. The molecule has 0 aliphatic rings. The third-order valence-electron chi connectivity index (χ3n) is 19.0. The Hall–Kier alpha value is -3.32. The zero-order chi connectivity index (χ0) is 85.4. The summed E-state index contributed by atoms with van der Waals surface area (Å²) < 4.78 is 139. The maximum absolute atomic E-state index is 14.8. The van der Waals surface area contributed by atoms with Gasteiger partial charge in [-0.15, -0.1) is 0 Å². The largest absolute Gasteiger partial charge is 0.464 e. The molecule has 0 aromatic heterocycles.